The third-order valence-electron chi connectivity index (χ3n) is 3.90. The van der Waals surface area contributed by atoms with Crippen molar-refractivity contribution in [3.8, 4) is 5.75 Å². The quantitative estimate of drug-likeness (QED) is 0.251. The molecule has 0 aromatic heterocycles. The number of ether oxygens (including phenoxy) is 1. The van der Waals surface area contributed by atoms with Crippen LogP contribution in [0.15, 0.2) is 18.2 Å². The predicted molar refractivity (Wildman–Crippen MR) is 87.5 cm³/mol. The molecule has 1 saturated heterocycles. The number of phenolic OH excluding ortho intramolecular Hbond substituents is 1. The molecule has 1 aromatic rings. The lowest BCUT2D eigenvalue weighted by atomic mass is 9.81. The van der Waals surface area contributed by atoms with Gasteiger partial charge in [-0.1, -0.05) is 0 Å². The fraction of sp³-hybridized carbons (Fsp3) is 0.429. The first-order chi connectivity index (χ1) is 12.4. The molecule has 2 rings (SSSR count). The molecule has 148 valence electrons. The summed E-state index contributed by atoms with van der Waals surface area (Å²) in [7, 11) is 0. The maximum absolute atomic E-state index is 13.6. The van der Waals surface area contributed by atoms with Crippen LogP contribution in [0.5, 0.6) is 5.75 Å². The van der Waals surface area contributed by atoms with Crippen LogP contribution < -0.4 is 10.6 Å². The predicted octanol–water partition coefficient (Wildman–Crippen LogP) is 1.25. The summed E-state index contributed by atoms with van der Waals surface area (Å²) in [6.45, 7) is 1.06. The summed E-state index contributed by atoms with van der Waals surface area (Å²) in [6, 6.07) is 0.830. The topological polar surface area (TPSA) is 134 Å². The van der Waals surface area contributed by atoms with Crippen molar-refractivity contribution in [3.05, 3.63) is 33.9 Å². The van der Waals surface area contributed by atoms with Crippen LogP contribution in [0.3, 0.4) is 0 Å². The van der Waals surface area contributed by atoms with Gasteiger partial charge in [0.15, 0.2) is 5.11 Å². The largest absolute Gasteiger partial charge is 0.508 e. The lowest BCUT2D eigenvalue weighted by molar-refractivity contribution is -0.385. The minimum atomic E-state index is -5.37. The first-order valence-corrected chi connectivity index (χ1v) is 7.85. The van der Waals surface area contributed by atoms with E-state index in [9.17, 15) is 38.3 Å². The number of hydrogen-bond acceptors (Lipinski definition) is 7. The molecule has 9 nitrogen and oxygen atoms in total. The number of non-ortho nitro benzene ring substituents is 1. The van der Waals surface area contributed by atoms with E-state index in [0.29, 0.717) is 0 Å². The van der Waals surface area contributed by atoms with Crippen LogP contribution in [0.4, 0.5) is 18.9 Å². The molecule has 1 aromatic carbocycles. The van der Waals surface area contributed by atoms with E-state index >= 15 is 0 Å². The van der Waals surface area contributed by atoms with Gasteiger partial charge in [-0.15, -0.1) is 0 Å². The first-order valence-electron chi connectivity index (χ1n) is 7.44. The highest BCUT2D eigenvalue weighted by atomic mass is 32.1. The van der Waals surface area contributed by atoms with E-state index in [1.54, 1.807) is 5.32 Å². The van der Waals surface area contributed by atoms with Gasteiger partial charge in [0, 0.05) is 17.7 Å². The van der Waals surface area contributed by atoms with Gasteiger partial charge >= 0.3 is 12.1 Å². The van der Waals surface area contributed by atoms with Crippen molar-refractivity contribution >= 4 is 29.0 Å². The third kappa shape index (κ3) is 3.73. The SMILES string of the molecule is CCOC(=O)[C@@H]1[C@H](c2cc([N+](=O)[O-])ccc2O)NC(=S)N[C@]1(O)C(F)(F)F. The standard InChI is InChI=1S/C14H14F3N3O6S/c1-2-26-11(22)9-10(7-5-6(20(24)25)3-4-8(7)21)18-12(27)19-13(9,23)14(15,16)17/h3-5,9-10,21,23H,2H2,1H3,(H2,18,19,27)/t9-,10-,13+/m0/s1. The Hall–Kier alpha value is -2.67. The van der Waals surface area contributed by atoms with E-state index in [-0.39, 0.29) is 6.61 Å². The van der Waals surface area contributed by atoms with E-state index in [0.717, 1.165) is 18.2 Å². The number of nitro benzene ring substituents is 1. The number of carbonyl (C=O) groups excluding carboxylic acids is 1. The number of rotatable bonds is 4. The van der Waals surface area contributed by atoms with Gasteiger partial charge < -0.3 is 25.6 Å². The van der Waals surface area contributed by atoms with Crippen LogP contribution in [0, 0.1) is 16.0 Å². The Kier molecular flexibility index (Phi) is 5.47. The molecule has 0 amide bonds. The second-order valence-electron chi connectivity index (χ2n) is 5.57. The number of aromatic hydroxyl groups is 1. The summed E-state index contributed by atoms with van der Waals surface area (Å²) in [6.07, 6.45) is -5.37. The van der Waals surface area contributed by atoms with Crippen molar-refractivity contribution in [2.75, 3.05) is 6.61 Å². The highest BCUT2D eigenvalue weighted by Crippen LogP contribution is 2.45. The number of halogens is 3. The number of nitrogens with zero attached hydrogens (tertiary/aromatic N) is 1. The lowest BCUT2D eigenvalue weighted by Gasteiger charge is -2.45. The van der Waals surface area contributed by atoms with E-state index in [2.05, 4.69) is 22.3 Å². The minimum Gasteiger partial charge on any atom is -0.508 e. The Balaban J connectivity index is 2.68. The molecule has 0 radical (unpaired) electrons. The van der Waals surface area contributed by atoms with Crippen LogP contribution in [0.25, 0.3) is 0 Å². The molecule has 1 aliphatic heterocycles. The molecular weight excluding hydrogens is 395 g/mol. The maximum atomic E-state index is 13.6. The van der Waals surface area contributed by atoms with Gasteiger partial charge in [0.25, 0.3) is 11.4 Å². The molecule has 27 heavy (non-hydrogen) atoms. The number of esters is 1. The number of aliphatic hydroxyl groups is 1. The fourth-order valence-corrected chi connectivity index (χ4v) is 2.98. The zero-order chi connectivity index (χ0) is 20.6. The summed E-state index contributed by atoms with van der Waals surface area (Å²) in [5.41, 5.74) is -4.82. The number of carbonyl (C=O) groups is 1. The van der Waals surface area contributed by atoms with Gasteiger partial charge in [0.2, 0.25) is 0 Å². The van der Waals surface area contributed by atoms with Crippen LogP contribution in [-0.4, -0.2) is 44.7 Å². The number of hydrogen-bond donors (Lipinski definition) is 4. The van der Waals surface area contributed by atoms with Crippen molar-refractivity contribution in [2.45, 2.75) is 24.9 Å². The summed E-state index contributed by atoms with van der Waals surface area (Å²) >= 11 is 4.68. The summed E-state index contributed by atoms with van der Waals surface area (Å²) in [5.74, 6) is -4.45. The van der Waals surface area contributed by atoms with Crippen molar-refractivity contribution in [2.24, 2.45) is 5.92 Å². The van der Waals surface area contributed by atoms with E-state index in [1.165, 1.54) is 6.92 Å². The van der Waals surface area contributed by atoms with E-state index in [1.807, 2.05) is 0 Å². The first kappa shape index (κ1) is 20.6. The molecule has 4 N–H and O–H groups in total. The van der Waals surface area contributed by atoms with Gasteiger partial charge in [-0.3, -0.25) is 14.9 Å². The fourth-order valence-electron chi connectivity index (χ4n) is 2.70. The molecule has 3 atom stereocenters. The number of alkyl halides is 3. The summed E-state index contributed by atoms with van der Waals surface area (Å²) < 4.78 is 45.3. The molecule has 0 saturated carbocycles. The summed E-state index contributed by atoms with van der Waals surface area (Å²) in [5, 5.41) is 34.5. The Morgan fingerprint density at radius 1 is 1.48 bits per heavy atom. The second-order valence-corrected chi connectivity index (χ2v) is 5.98. The number of nitro groups is 1. The number of phenols is 1. The monoisotopic (exact) mass is 409 g/mol. The Bertz CT molecular complexity index is 790. The molecule has 0 aliphatic carbocycles. The molecule has 1 aliphatic rings. The molecule has 0 spiro atoms. The Morgan fingerprint density at radius 2 is 2.11 bits per heavy atom. The maximum Gasteiger partial charge on any atom is 0.437 e. The highest BCUT2D eigenvalue weighted by molar-refractivity contribution is 7.80. The number of thiocarbonyl (C=S) groups is 1. The Labute approximate surface area is 155 Å². The second kappa shape index (κ2) is 7.15. The third-order valence-corrected chi connectivity index (χ3v) is 4.12. The molecular formula is C14H14F3N3O6S. The van der Waals surface area contributed by atoms with Crippen LogP contribution in [-0.2, 0) is 9.53 Å². The van der Waals surface area contributed by atoms with Crippen molar-refractivity contribution in [1.82, 2.24) is 10.6 Å². The zero-order valence-corrected chi connectivity index (χ0v) is 14.4. The molecule has 1 heterocycles. The molecule has 0 unspecified atom stereocenters. The molecule has 0 bridgehead atoms. The number of nitrogens with one attached hydrogen (secondary N) is 2. The van der Waals surface area contributed by atoms with Crippen LogP contribution in [0.2, 0.25) is 0 Å². The van der Waals surface area contributed by atoms with Gasteiger partial charge in [-0.2, -0.15) is 13.2 Å². The molecule has 13 heteroatoms. The number of benzene rings is 1. The lowest BCUT2D eigenvalue weighted by Crippen LogP contribution is -2.73. The van der Waals surface area contributed by atoms with Crippen molar-refractivity contribution in [1.29, 1.82) is 0 Å². The van der Waals surface area contributed by atoms with E-state index in [4.69, 9.17) is 0 Å². The molecule has 1 fully saturated rings. The normalized spacial score (nSPS) is 25.3. The van der Waals surface area contributed by atoms with E-state index < -0.39 is 56.9 Å². The van der Waals surface area contributed by atoms with Gasteiger partial charge in [0.05, 0.1) is 17.6 Å². The van der Waals surface area contributed by atoms with Gasteiger partial charge in [-0.25, -0.2) is 0 Å². The zero-order valence-electron chi connectivity index (χ0n) is 13.6. The van der Waals surface area contributed by atoms with Gasteiger partial charge in [-0.05, 0) is 25.2 Å². The average Bonchev–Trinajstić information content (AvgIpc) is 2.53. The summed E-state index contributed by atoms with van der Waals surface area (Å²) in [4.78, 5) is 22.4. The van der Waals surface area contributed by atoms with Crippen LogP contribution in [0.1, 0.15) is 18.5 Å². The minimum absolute atomic E-state index is 0.290. The van der Waals surface area contributed by atoms with Crippen LogP contribution >= 0.6 is 12.2 Å². The van der Waals surface area contributed by atoms with Crippen molar-refractivity contribution < 1.29 is 37.8 Å². The van der Waals surface area contributed by atoms with Gasteiger partial charge in [0.1, 0.15) is 11.7 Å². The van der Waals surface area contributed by atoms with Crippen molar-refractivity contribution in [3.63, 3.8) is 0 Å². The highest BCUT2D eigenvalue weighted by Gasteiger charge is 2.66. The average molecular weight is 409 g/mol. The Morgan fingerprint density at radius 3 is 2.63 bits per heavy atom. The smallest absolute Gasteiger partial charge is 0.437 e.